The quantitative estimate of drug-likeness (QED) is 0.637. The summed E-state index contributed by atoms with van der Waals surface area (Å²) in [5.74, 6) is 4.57. The zero-order valence-corrected chi connectivity index (χ0v) is 17.2. The second-order valence-corrected chi connectivity index (χ2v) is 8.31. The van der Waals surface area contributed by atoms with Crippen LogP contribution in [0.2, 0.25) is 0 Å². The number of carbonyl (C=O) groups is 2. The van der Waals surface area contributed by atoms with E-state index in [4.69, 9.17) is 4.74 Å². The van der Waals surface area contributed by atoms with Crippen molar-refractivity contribution in [2.45, 2.75) is 45.6 Å². The number of imide groups is 1. The van der Waals surface area contributed by atoms with Gasteiger partial charge in [0.05, 0.1) is 16.7 Å². The average molecular weight is 393 g/mol. The summed E-state index contributed by atoms with van der Waals surface area (Å²) < 4.78 is 19.4. The second-order valence-electron chi connectivity index (χ2n) is 8.31. The van der Waals surface area contributed by atoms with Crippen LogP contribution in [0.15, 0.2) is 48.5 Å². The first-order valence-corrected chi connectivity index (χ1v) is 9.49. The normalized spacial score (nSPS) is 19.2. The smallest absolute Gasteiger partial charge is 0.421 e. The Hall–Kier alpha value is -3.13. The number of benzene rings is 2. The van der Waals surface area contributed by atoms with Crippen LogP contribution in [0.1, 0.15) is 45.7 Å². The molecule has 2 aromatic rings. The van der Waals surface area contributed by atoms with Gasteiger partial charge in [-0.1, -0.05) is 49.1 Å². The first-order chi connectivity index (χ1) is 13.6. The fraction of sp³-hybridized carbons (Fsp3) is 0.333. The van der Waals surface area contributed by atoms with E-state index in [-0.39, 0.29) is 5.56 Å². The summed E-state index contributed by atoms with van der Waals surface area (Å²) in [6.07, 6.45) is -0.715. The average Bonchev–Trinajstić information content (AvgIpc) is 2.88. The number of anilines is 1. The molecule has 2 aromatic carbocycles. The summed E-state index contributed by atoms with van der Waals surface area (Å²) in [5, 5.41) is 0. The van der Waals surface area contributed by atoms with Gasteiger partial charge in [-0.05, 0) is 51.5 Å². The minimum absolute atomic E-state index is 0.269. The second kappa shape index (κ2) is 7.36. The molecule has 3 rings (SSSR count). The third kappa shape index (κ3) is 3.75. The zero-order chi connectivity index (χ0) is 21.4. The molecule has 5 heteroatoms. The van der Waals surface area contributed by atoms with Crippen molar-refractivity contribution in [3.8, 4) is 11.8 Å². The lowest BCUT2D eigenvalue weighted by Crippen LogP contribution is -2.46. The van der Waals surface area contributed by atoms with E-state index >= 15 is 0 Å². The van der Waals surface area contributed by atoms with E-state index in [2.05, 4.69) is 11.8 Å². The van der Waals surface area contributed by atoms with Crippen molar-refractivity contribution in [1.82, 2.24) is 0 Å². The van der Waals surface area contributed by atoms with Crippen molar-refractivity contribution in [3.63, 3.8) is 0 Å². The topological polar surface area (TPSA) is 46.6 Å². The van der Waals surface area contributed by atoms with Gasteiger partial charge in [0, 0.05) is 5.92 Å². The summed E-state index contributed by atoms with van der Waals surface area (Å²) >= 11 is 0. The summed E-state index contributed by atoms with van der Waals surface area (Å²) in [6, 6.07) is 13.4. The SMILES string of the molecule is C[C@@H](C#Cc1ccccc1F)[C@@]1(C)C(=O)N(C(=O)OC(C)(C)C)c2ccccc21. The van der Waals surface area contributed by atoms with Crippen LogP contribution in [0.5, 0.6) is 0 Å². The largest absolute Gasteiger partial charge is 0.443 e. The number of carbonyl (C=O) groups excluding carboxylic acids is 2. The molecule has 0 radical (unpaired) electrons. The molecular weight excluding hydrogens is 369 g/mol. The van der Waals surface area contributed by atoms with Crippen molar-refractivity contribution < 1.29 is 18.7 Å². The Bertz CT molecular complexity index is 1030. The Morgan fingerprint density at radius 1 is 1.14 bits per heavy atom. The van der Waals surface area contributed by atoms with Crippen LogP contribution in [0.3, 0.4) is 0 Å². The highest BCUT2D eigenvalue weighted by Gasteiger charge is 2.53. The van der Waals surface area contributed by atoms with Crippen molar-refractivity contribution in [2.24, 2.45) is 5.92 Å². The molecule has 0 N–H and O–H groups in total. The monoisotopic (exact) mass is 393 g/mol. The molecule has 4 nitrogen and oxygen atoms in total. The van der Waals surface area contributed by atoms with E-state index in [1.165, 1.54) is 6.07 Å². The van der Waals surface area contributed by atoms with E-state index in [0.29, 0.717) is 11.3 Å². The summed E-state index contributed by atoms with van der Waals surface area (Å²) in [7, 11) is 0. The minimum Gasteiger partial charge on any atom is -0.443 e. The van der Waals surface area contributed by atoms with Crippen LogP contribution in [0.4, 0.5) is 14.9 Å². The highest BCUT2D eigenvalue weighted by molar-refractivity contribution is 6.21. The zero-order valence-electron chi connectivity index (χ0n) is 17.2. The molecule has 0 unspecified atom stereocenters. The minimum atomic E-state index is -1.06. The molecule has 0 aromatic heterocycles. The Balaban J connectivity index is 2.02. The molecule has 2 atom stereocenters. The van der Waals surface area contributed by atoms with Crippen LogP contribution in [-0.4, -0.2) is 17.6 Å². The molecule has 150 valence electrons. The van der Waals surface area contributed by atoms with Crippen LogP contribution in [0.25, 0.3) is 0 Å². The third-order valence-electron chi connectivity index (χ3n) is 5.09. The van der Waals surface area contributed by atoms with Gasteiger partial charge in [0.1, 0.15) is 11.4 Å². The molecule has 0 fully saturated rings. The number of nitrogens with zero attached hydrogens (tertiary/aromatic N) is 1. The number of halogens is 1. The maximum atomic E-state index is 13.9. The Kier molecular flexibility index (Phi) is 5.23. The maximum absolute atomic E-state index is 13.9. The summed E-state index contributed by atoms with van der Waals surface area (Å²) in [4.78, 5) is 27.3. The highest BCUT2D eigenvalue weighted by atomic mass is 19.1. The van der Waals surface area contributed by atoms with Crippen molar-refractivity contribution in [3.05, 3.63) is 65.5 Å². The molecule has 1 aliphatic rings. The lowest BCUT2D eigenvalue weighted by Gasteiger charge is -2.28. The number of amides is 2. The predicted octanol–water partition coefficient (Wildman–Crippen LogP) is 5.05. The summed E-state index contributed by atoms with van der Waals surface area (Å²) in [6.45, 7) is 8.82. The van der Waals surface area contributed by atoms with Gasteiger partial charge in [0.25, 0.3) is 0 Å². The summed E-state index contributed by atoms with van der Waals surface area (Å²) in [5.41, 5.74) is -0.335. The number of hydrogen-bond acceptors (Lipinski definition) is 3. The molecule has 1 heterocycles. The van der Waals surface area contributed by atoms with E-state index in [0.717, 1.165) is 4.90 Å². The molecule has 1 aliphatic heterocycles. The fourth-order valence-electron chi connectivity index (χ4n) is 3.36. The van der Waals surface area contributed by atoms with Gasteiger partial charge in [-0.3, -0.25) is 4.79 Å². The molecule has 0 saturated heterocycles. The van der Waals surface area contributed by atoms with Crippen LogP contribution >= 0.6 is 0 Å². The van der Waals surface area contributed by atoms with Gasteiger partial charge >= 0.3 is 6.09 Å². The number of hydrogen-bond donors (Lipinski definition) is 0. The highest BCUT2D eigenvalue weighted by Crippen LogP contribution is 2.46. The number of para-hydroxylation sites is 1. The maximum Gasteiger partial charge on any atom is 0.421 e. The van der Waals surface area contributed by atoms with Crippen molar-refractivity contribution in [1.29, 1.82) is 0 Å². The van der Waals surface area contributed by atoms with Gasteiger partial charge in [0.15, 0.2) is 0 Å². The molecule has 0 aliphatic carbocycles. The Morgan fingerprint density at radius 2 is 1.76 bits per heavy atom. The van der Waals surface area contributed by atoms with Crippen LogP contribution in [-0.2, 0) is 14.9 Å². The Morgan fingerprint density at radius 3 is 2.41 bits per heavy atom. The first kappa shape index (κ1) is 20.6. The molecule has 0 spiro atoms. The Labute approximate surface area is 170 Å². The molecular formula is C24H24FNO3. The van der Waals surface area contributed by atoms with Gasteiger partial charge in [0.2, 0.25) is 5.91 Å². The van der Waals surface area contributed by atoms with Crippen molar-refractivity contribution >= 4 is 17.7 Å². The molecule has 0 saturated carbocycles. The predicted molar refractivity (Wildman–Crippen MR) is 110 cm³/mol. The van der Waals surface area contributed by atoms with E-state index in [1.54, 1.807) is 65.0 Å². The molecule has 2 amide bonds. The number of rotatable bonds is 1. The standard InChI is InChI=1S/C24H24FNO3/c1-16(14-15-17-10-6-8-12-19(17)25)24(5)18-11-7-9-13-20(18)26(21(24)27)22(28)29-23(2,3)4/h6-13,16H,1-5H3/t16-,24+/m0/s1. The van der Waals surface area contributed by atoms with Crippen LogP contribution < -0.4 is 4.90 Å². The van der Waals surface area contributed by atoms with E-state index in [1.807, 2.05) is 12.1 Å². The van der Waals surface area contributed by atoms with Gasteiger partial charge in [-0.25, -0.2) is 14.1 Å². The van der Waals surface area contributed by atoms with E-state index in [9.17, 15) is 14.0 Å². The molecule has 0 bridgehead atoms. The fourth-order valence-corrected chi connectivity index (χ4v) is 3.36. The van der Waals surface area contributed by atoms with Gasteiger partial charge in [-0.15, -0.1) is 0 Å². The van der Waals surface area contributed by atoms with Gasteiger partial charge < -0.3 is 4.74 Å². The lowest BCUT2D eigenvalue weighted by molar-refractivity contribution is -0.123. The first-order valence-electron chi connectivity index (χ1n) is 9.49. The molecule has 29 heavy (non-hydrogen) atoms. The van der Waals surface area contributed by atoms with Crippen molar-refractivity contribution in [2.75, 3.05) is 4.90 Å². The van der Waals surface area contributed by atoms with E-state index < -0.39 is 34.8 Å². The van der Waals surface area contributed by atoms with Crippen LogP contribution in [0, 0.1) is 23.6 Å². The third-order valence-corrected chi connectivity index (χ3v) is 5.09. The number of fused-ring (bicyclic) bond motifs is 1. The van der Waals surface area contributed by atoms with Gasteiger partial charge in [-0.2, -0.15) is 0 Å². The lowest BCUT2D eigenvalue weighted by atomic mass is 9.73. The number of ether oxygens (including phenoxy) is 1.